The lowest BCUT2D eigenvalue weighted by Crippen LogP contribution is -2.25. The van der Waals surface area contributed by atoms with Gasteiger partial charge in [0, 0.05) is 30.6 Å². The summed E-state index contributed by atoms with van der Waals surface area (Å²) in [5.41, 5.74) is 1.17. The lowest BCUT2D eigenvalue weighted by molar-refractivity contribution is 0.102. The molecule has 0 saturated carbocycles. The van der Waals surface area contributed by atoms with Crippen LogP contribution in [0.3, 0.4) is 0 Å². The third-order valence-electron chi connectivity index (χ3n) is 3.08. The van der Waals surface area contributed by atoms with Crippen molar-refractivity contribution in [3.05, 3.63) is 63.5 Å². The molecule has 1 N–H and O–H groups in total. The van der Waals surface area contributed by atoms with E-state index < -0.39 is 5.91 Å². The van der Waals surface area contributed by atoms with Crippen LogP contribution in [0, 0.1) is 0 Å². The maximum atomic E-state index is 12.3. The predicted molar refractivity (Wildman–Crippen MR) is 84.4 cm³/mol. The van der Waals surface area contributed by atoms with Gasteiger partial charge in [-0.1, -0.05) is 12.1 Å². The minimum atomic E-state index is -0.479. The second kappa shape index (κ2) is 6.08. The predicted octanol–water partition coefficient (Wildman–Crippen LogP) is 2.15. The molecule has 0 aliphatic rings. The number of hydrogen-bond donors (Lipinski definition) is 1. The van der Waals surface area contributed by atoms with Crippen molar-refractivity contribution in [3.63, 3.8) is 0 Å². The van der Waals surface area contributed by atoms with Crippen LogP contribution < -0.4 is 10.9 Å². The Balaban J connectivity index is 1.88. The summed E-state index contributed by atoms with van der Waals surface area (Å²) in [6.45, 7) is 0.453. The highest BCUT2D eigenvalue weighted by molar-refractivity contribution is 7.15. The number of thiazole rings is 1. The summed E-state index contributed by atoms with van der Waals surface area (Å²) in [5.74, 6) is -0.479. The second-order valence-electron chi connectivity index (χ2n) is 4.62. The van der Waals surface area contributed by atoms with Crippen LogP contribution in [0.5, 0.6) is 0 Å². The number of anilines is 1. The number of hydrogen-bond acceptors (Lipinski definition) is 5. The van der Waals surface area contributed by atoms with Gasteiger partial charge in [-0.25, -0.2) is 4.98 Å². The SMILES string of the molecule is COCc1cccc(NC(=O)c2cnc3sccn3c2=O)c1. The number of benzene rings is 1. The molecule has 0 bridgehead atoms. The Morgan fingerprint density at radius 1 is 1.45 bits per heavy atom. The Kier molecular flexibility index (Phi) is 3.99. The summed E-state index contributed by atoms with van der Waals surface area (Å²) < 4.78 is 6.42. The summed E-state index contributed by atoms with van der Waals surface area (Å²) in [6, 6.07) is 7.27. The zero-order valence-electron chi connectivity index (χ0n) is 11.8. The van der Waals surface area contributed by atoms with E-state index >= 15 is 0 Å². The van der Waals surface area contributed by atoms with Crippen LogP contribution in [0.4, 0.5) is 5.69 Å². The van der Waals surface area contributed by atoms with Crippen LogP contribution in [0.15, 0.2) is 46.8 Å². The van der Waals surface area contributed by atoms with Gasteiger partial charge in [-0.3, -0.25) is 14.0 Å². The average molecular weight is 315 g/mol. The molecule has 22 heavy (non-hydrogen) atoms. The quantitative estimate of drug-likeness (QED) is 0.801. The van der Waals surface area contributed by atoms with Gasteiger partial charge < -0.3 is 10.1 Å². The number of aromatic nitrogens is 2. The molecule has 0 fully saturated rings. The maximum absolute atomic E-state index is 12.3. The number of ether oxygens (including phenoxy) is 1. The molecule has 112 valence electrons. The Hall–Kier alpha value is -2.51. The smallest absolute Gasteiger partial charge is 0.271 e. The highest BCUT2D eigenvalue weighted by Crippen LogP contribution is 2.13. The third-order valence-corrected chi connectivity index (χ3v) is 3.85. The number of nitrogens with one attached hydrogen (secondary N) is 1. The van der Waals surface area contributed by atoms with Gasteiger partial charge in [0.05, 0.1) is 6.61 Å². The molecular formula is C15H13N3O3S. The molecule has 0 spiro atoms. The molecule has 3 rings (SSSR count). The molecule has 0 aliphatic carbocycles. The van der Waals surface area contributed by atoms with Gasteiger partial charge in [0.2, 0.25) is 0 Å². The van der Waals surface area contributed by atoms with Crippen molar-refractivity contribution in [3.8, 4) is 0 Å². The Morgan fingerprint density at radius 3 is 3.14 bits per heavy atom. The lowest BCUT2D eigenvalue weighted by Gasteiger charge is -2.07. The molecule has 1 amide bonds. The maximum Gasteiger partial charge on any atom is 0.271 e. The van der Waals surface area contributed by atoms with E-state index in [9.17, 15) is 9.59 Å². The molecule has 0 radical (unpaired) electrons. The lowest BCUT2D eigenvalue weighted by atomic mass is 10.2. The van der Waals surface area contributed by atoms with Gasteiger partial charge in [0.25, 0.3) is 11.5 Å². The fourth-order valence-corrected chi connectivity index (χ4v) is 2.76. The fraction of sp³-hybridized carbons (Fsp3) is 0.133. The highest BCUT2D eigenvalue weighted by atomic mass is 32.1. The summed E-state index contributed by atoms with van der Waals surface area (Å²) >= 11 is 1.34. The van der Waals surface area contributed by atoms with Gasteiger partial charge in [-0.2, -0.15) is 0 Å². The topological polar surface area (TPSA) is 72.7 Å². The van der Waals surface area contributed by atoms with E-state index in [1.54, 1.807) is 30.8 Å². The van der Waals surface area contributed by atoms with Crippen molar-refractivity contribution in [2.45, 2.75) is 6.61 Å². The van der Waals surface area contributed by atoms with Gasteiger partial charge in [-0.15, -0.1) is 11.3 Å². The molecule has 3 aromatic rings. The monoisotopic (exact) mass is 315 g/mol. The third kappa shape index (κ3) is 2.76. The van der Waals surface area contributed by atoms with E-state index in [2.05, 4.69) is 10.3 Å². The number of nitrogens with zero attached hydrogens (tertiary/aromatic N) is 2. The normalized spacial score (nSPS) is 10.8. The van der Waals surface area contributed by atoms with Crippen LogP contribution >= 0.6 is 11.3 Å². The van der Waals surface area contributed by atoms with Crippen molar-refractivity contribution in [1.29, 1.82) is 0 Å². The first-order valence-electron chi connectivity index (χ1n) is 6.53. The van der Waals surface area contributed by atoms with Gasteiger partial charge in [-0.05, 0) is 17.7 Å². The summed E-state index contributed by atoms with van der Waals surface area (Å²) in [6.07, 6.45) is 2.91. The highest BCUT2D eigenvalue weighted by Gasteiger charge is 2.14. The number of carbonyl (C=O) groups excluding carboxylic acids is 1. The molecule has 2 heterocycles. The molecule has 1 aromatic carbocycles. The standard InChI is InChI=1S/C15H13N3O3S/c1-21-9-10-3-2-4-11(7-10)17-13(19)12-8-16-15-18(14(12)20)5-6-22-15/h2-8H,9H2,1H3,(H,17,19). The molecule has 2 aromatic heterocycles. The van der Waals surface area contributed by atoms with E-state index in [1.807, 2.05) is 12.1 Å². The van der Waals surface area contributed by atoms with Gasteiger partial charge in [0.15, 0.2) is 4.96 Å². The van der Waals surface area contributed by atoms with Crippen LogP contribution in [0.2, 0.25) is 0 Å². The Bertz CT molecular complexity index is 885. The van der Waals surface area contributed by atoms with Crippen molar-refractivity contribution in [2.24, 2.45) is 0 Å². The molecule has 0 saturated heterocycles. The van der Waals surface area contributed by atoms with E-state index in [0.717, 1.165) is 5.56 Å². The molecule has 0 unspecified atom stereocenters. The fourth-order valence-electron chi connectivity index (χ4n) is 2.08. The van der Waals surface area contributed by atoms with Crippen molar-refractivity contribution >= 4 is 27.9 Å². The zero-order chi connectivity index (χ0) is 15.5. The van der Waals surface area contributed by atoms with E-state index in [0.29, 0.717) is 17.3 Å². The molecular weight excluding hydrogens is 302 g/mol. The minimum absolute atomic E-state index is 0.00745. The zero-order valence-corrected chi connectivity index (χ0v) is 12.6. The van der Waals surface area contributed by atoms with Gasteiger partial charge >= 0.3 is 0 Å². The van der Waals surface area contributed by atoms with Crippen LogP contribution in [0.1, 0.15) is 15.9 Å². The molecule has 0 aliphatic heterocycles. The number of fused-ring (bicyclic) bond motifs is 1. The number of carbonyl (C=O) groups is 1. The van der Waals surface area contributed by atoms with Crippen molar-refractivity contribution in [2.75, 3.05) is 12.4 Å². The first-order chi connectivity index (χ1) is 10.7. The Morgan fingerprint density at radius 2 is 2.32 bits per heavy atom. The van der Waals surface area contributed by atoms with Gasteiger partial charge in [0.1, 0.15) is 5.56 Å². The van der Waals surface area contributed by atoms with E-state index in [1.165, 1.54) is 21.9 Å². The summed E-state index contributed by atoms with van der Waals surface area (Å²) in [7, 11) is 1.61. The van der Waals surface area contributed by atoms with E-state index in [4.69, 9.17) is 4.74 Å². The first-order valence-corrected chi connectivity index (χ1v) is 7.41. The largest absolute Gasteiger partial charge is 0.380 e. The minimum Gasteiger partial charge on any atom is -0.380 e. The second-order valence-corrected chi connectivity index (χ2v) is 5.49. The molecule has 7 heteroatoms. The summed E-state index contributed by atoms with van der Waals surface area (Å²) in [4.78, 5) is 29.2. The number of methoxy groups -OCH3 is 1. The van der Waals surface area contributed by atoms with Crippen LogP contribution in [-0.4, -0.2) is 22.4 Å². The first kappa shape index (κ1) is 14.4. The summed E-state index contributed by atoms with van der Waals surface area (Å²) in [5, 5.41) is 4.46. The van der Waals surface area contributed by atoms with Crippen molar-refractivity contribution < 1.29 is 9.53 Å². The van der Waals surface area contributed by atoms with Crippen LogP contribution in [-0.2, 0) is 11.3 Å². The van der Waals surface area contributed by atoms with Crippen LogP contribution in [0.25, 0.3) is 4.96 Å². The van der Waals surface area contributed by atoms with Crippen molar-refractivity contribution in [1.82, 2.24) is 9.38 Å². The number of amides is 1. The van der Waals surface area contributed by atoms with E-state index in [-0.39, 0.29) is 11.1 Å². The molecule has 0 atom stereocenters. The average Bonchev–Trinajstić information content (AvgIpc) is 2.97. The Labute approximate surface area is 130 Å². The number of rotatable bonds is 4. The molecule has 6 nitrogen and oxygen atoms in total.